The van der Waals surface area contributed by atoms with Gasteiger partial charge in [-0.1, -0.05) is 0 Å². The summed E-state index contributed by atoms with van der Waals surface area (Å²) in [5.74, 6) is 0.866. The standard InChI is InChI=1S/C7H8N4OS/c1-4-9-5(3-13-4)7-11-10-6(2-8)12-7/h3H,2,8H2,1H3. The molecule has 0 radical (unpaired) electrons. The fraction of sp³-hybridized carbons (Fsp3) is 0.286. The highest BCUT2D eigenvalue weighted by molar-refractivity contribution is 7.09. The van der Waals surface area contributed by atoms with Crippen LogP contribution >= 0.6 is 11.3 Å². The minimum absolute atomic E-state index is 0.260. The number of nitrogens with zero attached hydrogens (tertiary/aromatic N) is 3. The molecule has 68 valence electrons. The summed E-state index contributed by atoms with van der Waals surface area (Å²) in [4.78, 5) is 4.21. The molecular weight excluding hydrogens is 188 g/mol. The molecule has 0 aliphatic rings. The van der Waals surface area contributed by atoms with E-state index in [9.17, 15) is 0 Å². The molecule has 6 heteroatoms. The van der Waals surface area contributed by atoms with Gasteiger partial charge in [0, 0.05) is 5.38 Å². The van der Waals surface area contributed by atoms with Crippen molar-refractivity contribution in [3.8, 4) is 11.6 Å². The Labute approximate surface area is 78.6 Å². The van der Waals surface area contributed by atoms with E-state index in [0.29, 0.717) is 11.8 Å². The van der Waals surface area contributed by atoms with Crippen molar-refractivity contribution in [1.82, 2.24) is 15.2 Å². The molecule has 0 amide bonds. The summed E-state index contributed by atoms with van der Waals surface area (Å²) in [5.41, 5.74) is 6.05. The molecule has 2 aromatic rings. The van der Waals surface area contributed by atoms with Crippen LogP contribution in [-0.2, 0) is 6.54 Å². The van der Waals surface area contributed by atoms with Crippen LogP contribution in [0.4, 0.5) is 0 Å². The summed E-state index contributed by atoms with van der Waals surface area (Å²) in [7, 11) is 0. The van der Waals surface area contributed by atoms with E-state index in [1.807, 2.05) is 12.3 Å². The first kappa shape index (κ1) is 8.33. The fourth-order valence-electron chi connectivity index (χ4n) is 0.901. The number of hydrogen-bond acceptors (Lipinski definition) is 6. The summed E-state index contributed by atoms with van der Waals surface area (Å²) < 4.78 is 5.23. The first-order valence-electron chi connectivity index (χ1n) is 3.74. The Morgan fingerprint density at radius 2 is 2.38 bits per heavy atom. The van der Waals surface area contributed by atoms with Gasteiger partial charge in [-0.2, -0.15) is 0 Å². The van der Waals surface area contributed by atoms with Crippen LogP contribution in [-0.4, -0.2) is 15.2 Å². The van der Waals surface area contributed by atoms with Gasteiger partial charge in [0.2, 0.25) is 5.89 Å². The van der Waals surface area contributed by atoms with Crippen LogP contribution in [0.25, 0.3) is 11.6 Å². The molecule has 2 heterocycles. The van der Waals surface area contributed by atoms with Gasteiger partial charge in [-0.15, -0.1) is 21.5 Å². The smallest absolute Gasteiger partial charge is 0.267 e. The van der Waals surface area contributed by atoms with Crippen LogP contribution in [0.1, 0.15) is 10.9 Å². The molecule has 0 aromatic carbocycles. The van der Waals surface area contributed by atoms with Gasteiger partial charge in [0.25, 0.3) is 5.89 Å². The molecular formula is C7H8N4OS. The third kappa shape index (κ3) is 1.58. The van der Waals surface area contributed by atoms with E-state index < -0.39 is 0 Å². The maximum Gasteiger partial charge on any atom is 0.267 e. The number of aryl methyl sites for hydroxylation is 1. The van der Waals surface area contributed by atoms with E-state index >= 15 is 0 Å². The lowest BCUT2D eigenvalue weighted by Crippen LogP contribution is -1.95. The number of thiazole rings is 1. The Kier molecular flexibility index (Phi) is 2.07. The van der Waals surface area contributed by atoms with Gasteiger partial charge in [0.1, 0.15) is 5.69 Å². The van der Waals surface area contributed by atoms with E-state index in [1.54, 1.807) is 11.3 Å². The van der Waals surface area contributed by atoms with Crippen molar-refractivity contribution < 1.29 is 4.42 Å². The van der Waals surface area contributed by atoms with Crippen molar-refractivity contribution in [1.29, 1.82) is 0 Å². The molecule has 0 unspecified atom stereocenters. The molecule has 0 aliphatic carbocycles. The molecule has 0 bridgehead atoms. The predicted octanol–water partition coefficient (Wildman–Crippen LogP) is 0.960. The Balaban J connectivity index is 2.35. The lowest BCUT2D eigenvalue weighted by atomic mass is 10.5. The van der Waals surface area contributed by atoms with Crippen molar-refractivity contribution in [3.63, 3.8) is 0 Å². The van der Waals surface area contributed by atoms with Crippen molar-refractivity contribution in [3.05, 3.63) is 16.3 Å². The molecule has 2 aromatic heterocycles. The maximum absolute atomic E-state index is 5.33. The molecule has 2 rings (SSSR count). The van der Waals surface area contributed by atoms with Gasteiger partial charge in [0.15, 0.2) is 0 Å². The van der Waals surface area contributed by atoms with Crippen LogP contribution in [0.3, 0.4) is 0 Å². The van der Waals surface area contributed by atoms with E-state index in [2.05, 4.69) is 15.2 Å². The minimum atomic E-state index is 0.260. The zero-order valence-electron chi connectivity index (χ0n) is 7.02. The van der Waals surface area contributed by atoms with E-state index in [1.165, 1.54) is 0 Å². The average molecular weight is 196 g/mol. The summed E-state index contributed by atoms with van der Waals surface area (Å²) in [6.07, 6.45) is 0. The fourth-order valence-corrected chi connectivity index (χ4v) is 1.49. The molecule has 0 saturated carbocycles. The second-order valence-electron chi connectivity index (χ2n) is 2.46. The van der Waals surface area contributed by atoms with Gasteiger partial charge < -0.3 is 10.2 Å². The van der Waals surface area contributed by atoms with Crippen LogP contribution in [0.2, 0.25) is 0 Å². The summed E-state index contributed by atoms with van der Waals surface area (Å²) >= 11 is 1.55. The van der Waals surface area contributed by atoms with Crippen LogP contribution < -0.4 is 5.73 Å². The number of rotatable bonds is 2. The highest BCUT2D eigenvalue weighted by Gasteiger charge is 2.09. The predicted molar refractivity (Wildman–Crippen MR) is 48.0 cm³/mol. The SMILES string of the molecule is Cc1nc(-c2nnc(CN)o2)cs1. The molecule has 0 saturated heterocycles. The summed E-state index contributed by atoms with van der Waals surface area (Å²) in [6, 6.07) is 0. The second kappa shape index (κ2) is 3.23. The average Bonchev–Trinajstić information content (AvgIpc) is 2.71. The topological polar surface area (TPSA) is 77.8 Å². The first-order valence-corrected chi connectivity index (χ1v) is 4.62. The van der Waals surface area contributed by atoms with Crippen molar-refractivity contribution in [2.75, 3.05) is 0 Å². The van der Waals surface area contributed by atoms with E-state index in [-0.39, 0.29) is 6.54 Å². The molecule has 13 heavy (non-hydrogen) atoms. The monoisotopic (exact) mass is 196 g/mol. The van der Waals surface area contributed by atoms with Crippen LogP contribution in [0.15, 0.2) is 9.80 Å². The summed E-state index contributed by atoms with van der Waals surface area (Å²) in [6.45, 7) is 2.19. The highest BCUT2D eigenvalue weighted by atomic mass is 32.1. The lowest BCUT2D eigenvalue weighted by Gasteiger charge is -1.84. The number of hydrogen-bond donors (Lipinski definition) is 1. The van der Waals surface area contributed by atoms with Crippen molar-refractivity contribution in [2.45, 2.75) is 13.5 Å². The normalized spacial score (nSPS) is 10.6. The Morgan fingerprint density at radius 1 is 1.54 bits per heavy atom. The number of nitrogens with two attached hydrogens (primary N) is 1. The quantitative estimate of drug-likeness (QED) is 0.774. The Bertz CT molecular complexity index is 408. The third-order valence-electron chi connectivity index (χ3n) is 1.48. The van der Waals surface area contributed by atoms with Gasteiger partial charge in [-0.3, -0.25) is 0 Å². The largest absolute Gasteiger partial charge is 0.418 e. The molecule has 0 fully saturated rings. The highest BCUT2D eigenvalue weighted by Crippen LogP contribution is 2.19. The van der Waals surface area contributed by atoms with E-state index in [4.69, 9.17) is 10.2 Å². The van der Waals surface area contributed by atoms with Gasteiger partial charge >= 0.3 is 0 Å². The zero-order valence-corrected chi connectivity index (χ0v) is 7.84. The molecule has 0 atom stereocenters. The third-order valence-corrected chi connectivity index (χ3v) is 2.25. The lowest BCUT2D eigenvalue weighted by molar-refractivity contribution is 0.507. The summed E-state index contributed by atoms with van der Waals surface area (Å²) in [5, 5.41) is 10.4. The first-order chi connectivity index (χ1) is 6.29. The second-order valence-corrected chi connectivity index (χ2v) is 3.52. The molecule has 0 aliphatic heterocycles. The molecule has 2 N–H and O–H groups in total. The maximum atomic E-state index is 5.33. The Hall–Kier alpha value is -1.27. The number of aromatic nitrogens is 3. The van der Waals surface area contributed by atoms with Crippen molar-refractivity contribution >= 4 is 11.3 Å². The Morgan fingerprint density at radius 3 is 2.92 bits per heavy atom. The van der Waals surface area contributed by atoms with E-state index in [0.717, 1.165) is 10.7 Å². The minimum Gasteiger partial charge on any atom is -0.418 e. The van der Waals surface area contributed by atoms with Crippen LogP contribution in [0, 0.1) is 6.92 Å². The molecule has 0 spiro atoms. The zero-order chi connectivity index (χ0) is 9.26. The van der Waals surface area contributed by atoms with Gasteiger partial charge in [0.05, 0.1) is 11.6 Å². The van der Waals surface area contributed by atoms with Crippen LogP contribution in [0.5, 0.6) is 0 Å². The van der Waals surface area contributed by atoms with Gasteiger partial charge in [-0.05, 0) is 6.92 Å². The van der Waals surface area contributed by atoms with Gasteiger partial charge in [-0.25, -0.2) is 4.98 Å². The molecule has 5 nitrogen and oxygen atoms in total. The van der Waals surface area contributed by atoms with Crippen molar-refractivity contribution in [2.24, 2.45) is 5.73 Å².